The molecule has 4 heteroatoms. The number of nitrogens with zero attached hydrogens (tertiary/aromatic N) is 2. The van der Waals surface area contributed by atoms with E-state index in [1.165, 1.54) is 0 Å². The second-order valence-corrected chi connectivity index (χ2v) is 4.23. The van der Waals surface area contributed by atoms with Crippen LogP contribution in [0.1, 0.15) is 21.5 Å². The van der Waals surface area contributed by atoms with Gasteiger partial charge in [-0.1, -0.05) is 12.1 Å². The lowest BCUT2D eigenvalue weighted by Gasteiger charge is -2.10. The van der Waals surface area contributed by atoms with Crippen LogP contribution in [0.15, 0.2) is 30.6 Å². The van der Waals surface area contributed by atoms with Gasteiger partial charge >= 0.3 is 0 Å². The van der Waals surface area contributed by atoms with Gasteiger partial charge in [0.15, 0.2) is 6.29 Å². The van der Waals surface area contributed by atoms with Crippen LogP contribution in [0.25, 0.3) is 0 Å². The molecule has 0 amide bonds. The van der Waals surface area contributed by atoms with Crippen molar-refractivity contribution >= 4 is 6.29 Å². The van der Waals surface area contributed by atoms with E-state index in [1.807, 2.05) is 38.5 Å². The highest BCUT2D eigenvalue weighted by Gasteiger charge is 2.06. The molecule has 0 saturated heterocycles. The molecule has 1 heterocycles. The van der Waals surface area contributed by atoms with Crippen molar-refractivity contribution in [2.45, 2.75) is 13.3 Å². The number of aldehydes is 1. The molecule has 1 aromatic carbocycles. The van der Waals surface area contributed by atoms with E-state index in [-0.39, 0.29) is 0 Å². The Balaban J connectivity index is 2.00. The minimum absolute atomic E-state index is 0.539. The van der Waals surface area contributed by atoms with Crippen LogP contribution in [0.2, 0.25) is 0 Å². The number of carbonyl (C=O) groups excluding carboxylic acids is 1. The fourth-order valence-corrected chi connectivity index (χ4v) is 1.84. The monoisotopic (exact) mass is 244 g/mol. The quantitative estimate of drug-likeness (QED) is 0.757. The van der Waals surface area contributed by atoms with E-state index in [0.29, 0.717) is 17.9 Å². The highest BCUT2D eigenvalue weighted by atomic mass is 16.5. The molecule has 0 bridgehead atoms. The molecule has 0 aliphatic carbocycles. The Bertz CT molecular complexity index is 546. The zero-order valence-electron chi connectivity index (χ0n) is 10.6. The molecule has 18 heavy (non-hydrogen) atoms. The molecule has 4 nitrogen and oxygen atoms in total. The predicted octanol–water partition coefficient (Wildman–Crippen LogP) is 2.16. The Kier molecular flexibility index (Phi) is 3.77. The number of ether oxygens (including phenoxy) is 1. The lowest BCUT2D eigenvalue weighted by atomic mass is 10.1. The van der Waals surface area contributed by atoms with E-state index in [2.05, 4.69) is 5.10 Å². The Morgan fingerprint density at radius 3 is 2.94 bits per heavy atom. The van der Waals surface area contributed by atoms with E-state index in [4.69, 9.17) is 4.74 Å². The summed E-state index contributed by atoms with van der Waals surface area (Å²) in [5, 5.41) is 4.10. The standard InChI is InChI=1S/C14H16N2O2/c1-11-4-3-5-13(10-17)14(11)18-7-6-12-8-15-16(2)9-12/h3-5,8-10H,6-7H2,1-2H3. The van der Waals surface area contributed by atoms with Crippen molar-refractivity contribution in [2.75, 3.05) is 6.61 Å². The largest absolute Gasteiger partial charge is 0.492 e. The summed E-state index contributed by atoms with van der Waals surface area (Å²) in [5.41, 5.74) is 2.70. The van der Waals surface area contributed by atoms with Gasteiger partial charge in [-0.2, -0.15) is 5.10 Å². The summed E-state index contributed by atoms with van der Waals surface area (Å²) in [5.74, 6) is 0.677. The third kappa shape index (κ3) is 2.77. The lowest BCUT2D eigenvalue weighted by Crippen LogP contribution is -2.04. The van der Waals surface area contributed by atoms with Gasteiger partial charge in [-0.05, 0) is 24.1 Å². The van der Waals surface area contributed by atoms with Crippen molar-refractivity contribution in [1.29, 1.82) is 0 Å². The van der Waals surface area contributed by atoms with Crippen molar-refractivity contribution in [2.24, 2.45) is 7.05 Å². The van der Waals surface area contributed by atoms with Crippen molar-refractivity contribution < 1.29 is 9.53 Å². The zero-order chi connectivity index (χ0) is 13.0. The molecule has 0 atom stereocenters. The van der Waals surface area contributed by atoms with Crippen molar-refractivity contribution in [3.8, 4) is 5.75 Å². The number of aromatic nitrogens is 2. The van der Waals surface area contributed by atoms with Crippen LogP contribution in [0.4, 0.5) is 0 Å². The van der Waals surface area contributed by atoms with E-state index in [9.17, 15) is 4.79 Å². The number of carbonyl (C=O) groups is 1. The molecule has 0 aliphatic heterocycles. The van der Waals surface area contributed by atoms with Crippen LogP contribution in [-0.2, 0) is 13.5 Å². The van der Waals surface area contributed by atoms with Crippen LogP contribution in [0, 0.1) is 6.92 Å². The zero-order valence-corrected chi connectivity index (χ0v) is 10.6. The molecular formula is C14H16N2O2. The maximum absolute atomic E-state index is 10.9. The first kappa shape index (κ1) is 12.4. The molecule has 1 aromatic heterocycles. The number of benzene rings is 1. The number of aryl methyl sites for hydroxylation is 2. The van der Waals surface area contributed by atoms with E-state index < -0.39 is 0 Å². The van der Waals surface area contributed by atoms with Crippen molar-refractivity contribution in [3.05, 3.63) is 47.3 Å². The second-order valence-electron chi connectivity index (χ2n) is 4.23. The van der Waals surface area contributed by atoms with Gasteiger partial charge in [0.2, 0.25) is 0 Å². The van der Waals surface area contributed by atoms with Gasteiger partial charge in [0.25, 0.3) is 0 Å². The minimum atomic E-state index is 0.539. The summed E-state index contributed by atoms with van der Waals surface area (Å²) < 4.78 is 7.47. The molecule has 2 aromatic rings. The predicted molar refractivity (Wildman–Crippen MR) is 69.0 cm³/mol. The van der Waals surface area contributed by atoms with Gasteiger partial charge in [-0.15, -0.1) is 0 Å². The van der Waals surface area contributed by atoms with E-state index >= 15 is 0 Å². The van der Waals surface area contributed by atoms with Gasteiger partial charge in [0.1, 0.15) is 5.75 Å². The molecule has 0 radical (unpaired) electrons. The Morgan fingerprint density at radius 1 is 1.44 bits per heavy atom. The van der Waals surface area contributed by atoms with Gasteiger partial charge in [-0.3, -0.25) is 9.48 Å². The summed E-state index contributed by atoms with van der Waals surface area (Å²) in [6.07, 6.45) is 5.39. The fourth-order valence-electron chi connectivity index (χ4n) is 1.84. The summed E-state index contributed by atoms with van der Waals surface area (Å²) >= 11 is 0. The van der Waals surface area contributed by atoms with Crippen LogP contribution in [0.5, 0.6) is 5.75 Å². The fraction of sp³-hybridized carbons (Fsp3) is 0.286. The Morgan fingerprint density at radius 2 is 2.28 bits per heavy atom. The van der Waals surface area contributed by atoms with Crippen molar-refractivity contribution in [1.82, 2.24) is 9.78 Å². The molecule has 0 saturated carbocycles. The maximum atomic E-state index is 10.9. The van der Waals surface area contributed by atoms with Crippen LogP contribution >= 0.6 is 0 Å². The van der Waals surface area contributed by atoms with Gasteiger partial charge < -0.3 is 4.74 Å². The normalized spacial score (nSPS) is 10.3. The topological polar surface area (TPSA) is 44.1 Å². The minimum Gasteiger partial charge on any atom is -0.492 e. The summed E-state index contributed by atoms with van der Waals surface area (Å²) in [6, 6.07) is 5.55. The number of para-hydroxylation sites is 1. The lowest BCUT2D eigenvalue weighted by molar-refractivity contribution is 0.111. The third-order valence-electron chi connectivity index (χ3n) is 2.76. The molecule has 94 valence electrons. The highest BCUT2D eigenvalue weighted by molar-refractivity contribution is 5.80. The first-order chi connectivity index (χ1) is 8.70. The highest BCUT2D eigenvalue weighted by Crippen LogP contribution is 2.21. The molecule has 0 spiro atoms. The van der Waals surface area contributed by atoms with Gasteiger partial charge in [0, 0.05) is 19.7 Å². The molecule has 2 rings (SSSR count). The van der Waals surface area contributed by atoms with E-state index in [1.54, 1.807) is 10.7 Å². The average Bonchev–Trinajstić information content (AvgIpc) is 2.77. The maximum Gasteiger partial charge on any atom is 0.153 e. The number of hydrogen-bond acceptors (Lipinski definition) is 3. The second kappa shape index (κ2) is 5.49. The first-order valence-electron chi connectivity index (χ1n) is 5.86. The first-order valence-corrected chi connectivity index (χ1v) is 5.86. The SMILES string of the molecule is Cc1cccc(C=O)c1OCCc1cnn(C)c1. The van der Waals surface area contributed by atoms with Crippen LogP contribution in [-0.4, -0.2) is 22.7 Å². The third-order valence-corrected chi connectivity index (χ3v) is 2.76. The summed E-state index contributed by atoms with van der Waals surface area (Å²) in [4.78, 5) is 10.9. The smallest absolute Gasteiger partial charge is 0.153 e. The van der Waals surface area contributed by atoms with Gasteiger partial charge in [0.05, 0.1) is 18.4 Å². The molecule has 0 N–H and O–H groups in total. The Hall–Kier alpha value is -2.10. The number of rotatable bonds is 5. The van der Waals surface area contributed by atoms with E-state index in [0.717, 1.165) is 23.8 Å². The summed E-state index contributed by atoms with van der Waals surface area (Å²) in [6.45, 7) is 2.48. The molecule has 0 unspecified atom stereocenters. The van der Waals surface area contributed by atoms with Crippen LogP contribution in [0.3, 0.4) is 0 Å². The molecule has 0 aliphatic rings. The van der Waals surface area contributed by atoms with Crippen molar-refractivity contribution in [3.63, 3.8) is 0 Å². The molecule has 0 fully saturated rings. The average molecular weight is 244 g/mol. The number of hydrogen-bond donors (Lipinski definition) is 0. The van der Waals surface area contributed by atoms with Gasteiger partial charge in [-0.25, -0.2) is 0 Å². The summed E-state index contributed by atoms with van der Waals surface area (Å²) in [7, 11) is 1.89. The Labute approximate surface area is 106 Å². The van der Waals surface area contributed by atoms with Crippen LogP contribution < -0.4 is 4.74 Å². The molecular weight excluding hydrogens is 228 g/mol.